The minimum Gasteiger partial charge on any atom is -0.465 e. The fraction of sp³-hybridized carbons (Fsp3) is 0.727. The average Bonchev–Trinajstić information content (AvgIpc) is 3.05. The summed E-state index contributed by atoms with van der Waals surface area (Å²) >= 11 is 2.88. The molecular formula is C11H17N3O2S2. The molecular weight excluding hydrogens is 270 g/mol. The van der Waals surface area contributed by atoms with Crippen molar-refractivity contribution in [3.63, 3.8) is 0 Å². The van der Waals surface area contributed by atoms with Crippen molar-refractivity contribution >= 4 is 34.2 Å². The highest BCUT2D eigenvalue weighted by Crippen LogP contribution is 2.30. The molecule has 0 saturated heterocycles. The molecule has 0 amide bonds. The predicted molar refractivity (Wildman–Crippen MR) is 73.1 cm³/mol. The molecule has 0 radical (unpaired) electrons. The number of hydrogen-bond donors (Lipinski definition) is 1. The Bertz CT molecular complexity index is 393. The van der Waals surface area contributed by atoms with Crippen LogP contribution in [0, 0.1) is 0 Å². The van der Waals surface area contributed by atoms with E-state index in [0.717, 1.165) is 22.3 Å². The first-order valence-corrected chi connectivity index (χ1v) is 7.96. The highest BCUT2D eigenvalue weighted by Gasteiger charge is 2.22. The van der Waals surface area contributed by atoms with Gasteiger partial charge in [0.05, 0.1) is 12.4 Å². The Morgan fingerprint density at radius 3 is 3.11 bits per heavy atom. The summed E-state index contributed by atoms with van der Waals surface area (Å²) in [6.45, 7) is 2.58. The van der Waals surface area contributed by atoms with E-state index in [1.54, 1.807) is 0 Å². The summed E-state index contributed by atoms with van der Waals surface area (Å²) in [6.07, 6.45) is 4.38. The number of rotatable bonds is 8. The number of nitrogens with zero attached hydrogens (tertiary/aromatic N) is 2. The van der Waals surface area contributed by atoms with E-state index in [9.17, 15) is 4.79 Å². The molecule has 0 spiro atoms. The molecule has 1 saturated carbocycles. The van der Waals surface area contributed by atoms with Crippen LogP contribution in [0.2, 0.25) is 0 Å². The lowest BCUT2D eigenvalue weighted by molar-refractivity contribution is -0.140. The Morgan fingerprint density at radius 2 is 2.39 bits per heavy atom. The quantitative estimate of drug-likeness (QED) is 0.450. The fourth-order valence-corrected chi connectivity index (χ4v) is 2.85. The molecule has 18 heavy (non-hydrogen) atoms. The van der Waals surface area contributed by atoms with Gasteiger partial charge in [0.25, 0.3) is 0 Å². The summed E-state index contributed by atoms with van der Waals surface area (Å²) in [5, 5.41) is 12.2. The van der Waals surface area contributed by atoms with E-state index in [-0.39, 0.29) is 5.97 Å². The molecule has 100 valence electrons. The highest BCUT2D eigenvalue weighted by molar-refractivity contribution is 8.01. The molecule has 1 heterocycles. The van der Waals surface area contributed by atoms with E-state index in [1.807, 2.05) is 0 Å². The number of nitrogens with one attached hydrogen (secondary N) is 1. The molecule has 1 aromatic rings. The Kier molecular flexibility index (Phi) is 5.25. The first kappa shape index (κ1) is 13.6. The second kappa shape index (κ2) is 6.94. The van der Waals surface area contributed by atoms with Gasteiger partial charge in [0, 0.05) is 6.04 Å². The fourth-order valence-electron chi connectivity index (χ4n) is 1.22. The average molecular weight is 287 g/mol. The van der Waals surface area contributed by atoms with Crippen LogP contribution in [0.3, 0.4) is 0 Å². The third-order valence-electron chi connectivity index (χ3n) is 2.39. The maximum absolute atomic E-state index is 11.4. The maximum Gasteiger partial charge on any atom is 0.316 e. The minimum absolute atomic E-state index is 0.180. The number of carbonyl (C=O) groups excluding carboxylic acids is 1. The van der Waals surface area contributed by atoms with Crippen molar-refractivity contribution in [1.29, 1.82) is 0 Å². The van der Waals surface area contributed by atoms with Crippen LogP contribution in [0.4, 0.5) is 5.13 Å². The Labute approximate surface area is 115 Å². The molecule has 0 aromatic carbocycles. The second-order valence-corrected chi connectivity index (χ2v) is 6.35. The summed E-state index contributed by atoms with van der Waals surface area (Å²) in [5.41, 5.74) is 0. The largest absolute Gasteiger partial charge is 0.465 e. The monoisotopic (exact) mass is 287 g/mol. The number of hydrogen-bond acceptors (Lipinski definition) is 7. The van der Waals surface area contributed by atoms with Gasteiger partial charge >= 0.3 is 5.97 Å². The van der Waals surface area contributed by atoms with Gasteiger partial charge in [-0.2, -0.15) is 0 Å². The number of anilines is 1. The zero-order valence-corrected chi connectivity index (χ0v) is 12.0. The van der Waals surface area contributed by atoms with Crippen molar-refractivity contribution in [2.24, 2.45) is 0 Å². The first-order chi connectivity index (χ1) is 8.78. The van der Waals surface area contributed by atoms with Crippen molar-refractivity contribution < 1.29 is 9.53 Å². The maximum atomic E-state index is 11.4. The number of ether oxygens (including phenoxy) is 1. The molecule has 1 aliphatic rings. The lowest BCUT2D eigenvalue weighted by Crippen LogP contribution is -2.08. The zero-order chi connectivity index (χ0) is 12.8. The van der Waals surface area contributed by atoms with Gasteiger partial charge in [0.15, 0.2) is 4.34 Å². The van der Waals surface area contributed by atoms with E-state index in [4.69, 9.17) is 4.74 Å². The smallest absolute Gasteiger partial charge is 0.316 e. The number of thioether (sulfide) groups is 1. The lowest BCUT2D eigenvalue weighted by atomic mass is 10.4. The van der Waals surface area contributed by atoms with E-state index < -0.39 is 0 Å². The number of unbranched alkanes of at least 4 members (excludes halogenated alkanes) is 1. The predicted octanol–water partition coefficient (Wildman–Crippen LogP) is 2.55. The van der Waals surface area contributed by atoms with Crippen molar-refractivity contribution in [3.05, 3.63) is 0 Å². The molecule has 0 bridgehead atoms. The molecule has 0 unspecified atom stereocenters. The SMILES string of the molecule is CCCCOC(=O)CSc1nnc(NC2CC2)s1. The van der Waals surface area contributed by atoms with Gasteiger partial charge < -0.3 is 10.1 Å². The Balaban J connectivity index is 1.65. The van der Waals surface area contributed by atoms with E-state index in [2.05, 4.69) is 22.4 Å². The summed E-state index contributed by atoms with van der Waals surface area (Å²) in [4.78, 5) is 11.4. The molecule has 0 aliphatic heterocycles. The van der Waals surface area contributed by atoms with Gasteiger partial charge in [-0.05, 0) is 19.3 Å². The molecule has 1 N–H and O–H groups in total. The summed E-state index contributed by atoms with van der Waals surface area (Å²) in [7, 11) is 0. The standard InChI is InChI=1S/C11H17N3O2S2/c1-2-3-6-16-9(15)7-17-11-14-13-10(18-11)12-8-4-5-8/h8H,2-7H2,1H3,(H,12,13). The van der Waals surface area contributed by atoms with Crippen LogP contribution >= 0.6 is 23.1 Å². The molecule has 5 nitrogen and oxygen atoms in total. The number of esters is 1. The van der Waals surface area contributed by atoms with Crippen LogP contribution in [0.15, 0.2) is 4.34 Å². The van der Waals surface area contributed by atoms with Gasteiger partial charge in [-0.1, -0.05) is 36.4 Å². The first-order valence-electron chi connectivity index (χ1n) is 6.16. The minimum atomic E-state index is -0.180. The van der Waals surface area contributed by atoms with Gasteiger partial charge in [-0.15, -0.1) is 10.2 Å². The van der Waals surface area contributed by atoms with Crippen molar-refractivity contribution in [1.82, 2.24) is 10.2 Å². The zero-order valence-electron chi connectivity index (χ0n) is 10.3. The highest BCUT2D eigenvalue weighted by atomic mass is 32.2. The van der Waals surface area contributed by atoms with Crippen LogP contribution in [0.25, 0.3) is 0 Å². The van der Waals surface area contributed by atoms with Crippen LogP contribution in [0.5, 0.6) is 0 Å². The lowest BCUT2D eigenvalue weighted by Gasteiger charge is -2.01. The van der Waals surface area contributed by atoms with Crippen LogP contribution < -0.4 is 5.32 Å². The van der Waals surface area contributed by atoms with Gasteiger partial charge in [0.2, 0.25) is 5.13 Å². The molecule has 7 heteroatoms. The molecule has 1 aromatic heterocycles. The van der Waals surface area contributed by atoms with Crippen molar-refractivity contribution in [2.45, 2.75) is 43.0 Å². The van der Waals surface area contributed by atoms with E-state index in [1.165, 1.54) is 35.9 Å². The third-order valence-corrected chi connectivity index (χ3v) is 4.35. The third kappa shape index (κ3) is 4.81. The van der Waals surface area contributed by atoms with Gasteiger partial charge in [-0.3, -0.25) is 4.79 Å². The van der Waals surface area contributed by atoms with Crippen LogP contribution in [-0.4, -0.2) is 34.6 Å². The van der Waals surface area contributed by atoms with E-state index in [0.29, 0.717) is 18.4 Å². The van der Waals surface area contributed by atoms with Crippen molar-refractivity contribution in [2.75, 3.05) is 17.7 Å². The molecule has 2 rings (SSSR count). The van der Waals surface area contributed by atoms with Gasteiger partial charge in [0.1, 0.15) is 0 Å². The summed E-state index contributed by atoms with van der Waals surface area (Å²) in [5.74, 6) is 0.127. The van der Waals surface area contributed by atoms with Crippen LogP contribution in [0.1, 0.15) is 32.6 Å². The molecule has 1 fully saturated rings. The Hall–Kier alpha value is -0.820. The molecule has 0 atom stereocenters. The number of aromatic nitrogens is 2. The van der Waals surface area contributed by atoms with Crippen LogP contribution in [-0.2, 0) is 9.53 Å². The van der Waals surface area contributed by atoms with Gasteiger partial charge in [-0.25, -0.2) is 0 Å². The summed E-state index contributed by atoms with van der Waals surface area (Å²) < 4.78 is 5.88. The Morgan fingerprint density at radius 1 is 1.56 bits per heavy atom. The number of carbonyl (C=O) groups is 1. The van der Waals surface area contributed by atoms with E-state index >= 15 is 0 Å². The second-order valence-electron chi connectivity index (χ2n) is 4.15. The topological polar surface area (TPSA) is 64.1 Å². The summed E-state index contributed by atoms with van der Waals surface area (Å²) in [6, 6.07) is 0.579. The van der Waals surface area contributed by atoms with Crippen molar-refractivity contribution in [3.8, 4) is 0 Å². The normalized spacial score (nSPS) is 14.5. The molecule has 1 aliphatic carbocycles.